The van der Waals surface area contributed by atoms with Crippen molar-refractivity contribution >= 4 is 0 Å². The van der Waals surface area contributed by atoms with Crippen LogP contribution in [0.4, 0.5) is 26.3 Å². The Kier molecular flexibility index (Phi) is 2.76. The molecule has 1 radical (unpaired) electrons. The van der Waals surface area contributed by atoms with Gasteiger partial charge in [0.2, 0.25) is 0 Å². The van der Waals surface area contributed by atoms with E-state index in [4.69, 9.17) is 5.11 Å². The third-order valence-corrected chi connectivity index (χ3v) is 0.895. The van der Waals surface area contributed by atoms with E-state index in [0.717, 1.165) is 0 Å². The summed E-state index contributed by atoms with van der Waals surface area (Å²) in [6.07, 6.45) is -3.71. The topological polar surface area (TPSA) is 20.2 Å². The lowest BCUT2D eigenvalue weighted by atomic mass is 10.2. The molecule has 0 aromatic rings. The molecule has 0 rings (SSSR count). The molecule has 0 aromatic heterocycles. The van der Waals surface area contributed by atoms with Gasteiger partial charge in [-0.1, -0.05) is 0 Å². The second kappa shape index (κ2) is 2.88. The Bertz CT molecular complexity index is 133. The molecule has 1 N–H and O–H groups in total. The third-order valence-electron chi connectivity index (χ3n) is 0.895. The molecule has 0 unspecified atom stereocenters. The highest BCUT2D eigenvalue weighted by atomic mass is 19.3. The summed E-state index contributed by atoms with van der Waals surface area (Å²) < 4.78 is 68.8. The van der Waals surface area contributed by atoms with Crippen LogP contribution >= 0.6 is 0 Å². The SMILES string of the molecule is OCC(F)(F)C(F)(F)[C](F)F. The first-order valence-electron chi connectivity index (χ1n) is 2.30. The van der Waals surface area contributed by atoms with Crippen molar-refractivity contribution in [2.45, 2.75) is 11.8 Å². The fourth-order valence-electron chi connectivity index (χ4n) is 0.238. The van der Waals surface area contributed by atoms with E-state index >= 15 is 0 Å². The molecule has 0 amide bonds. The number of rotatable bonds is 3. The minimum atomic E-state index is -5.55. The highest BCUT2D eigenvalue weighted by Crippen LogP contribution is 2.42. The number of halogens is 6. The quantitative estimate of drug-likeness (QED) is 0.656. The Morgan fingerprint density at radius 3 is 1.55 bits per heavy atom. The lowest BCUT2D eigenvalue weighted by Gasteiger charge is -2.22. The van der Waals surface area contributed by atoms with Crippen molar-refractivity contribution in [3.05, 3.63) is 6.43 Å². The van der Waals surface area contributed by atoms with Crippen molar-refractivity contribution < 1.29 is 31.4 Å². The van der Waals surface area contributed by atoms with Crippen LogP contribution in [0.2, 0.25) is 0 Å². The molecular formula is C4H3F6O. The van der Waals surface area contributed by atoms with Gasteiger partial charge in [0.25, 0.3) is 0 Å². The van der Waals surface area contributed by atoms with Gasteiger partial charge in [0.15, 0.2) is 0 Å². The lowest BCUT2D eigenvalue weighted by Crippen LogP contribution is -2.45. The predicted octanol–water partition coefficient (Wildman–Crippen LogP) is 1.68. The molecule has 0 aromatic carbocycles. The molecule has 0 aliphatic rings. The van der Waals surface area contributed by atoms with Crippen molar-refractivity contribution in [2.75, 3.05) is 6.61 Å². The Balaban J connectivity index is 4.53. The average molecular weight is 181 g/mol. The van der Waals surface area contributed by atoms with E-state index in [0.29, 0.717) is 0 Å². The number of hydrogen-bond donors (Lipinski definition) is 1. The van der Waals surface area contributed by atoms with Gasteiger partial charge in [0.05, 0.1) is 0 Å². The minimum Gasteiger partial charge on any atom is -0.390 e. The summed E-state index contributed by atoms with van der Waals surface area (Å²) in [6, 6.07) is 0. The first kappa shape index (κ1) is 10.5. The van der Waals surface area contributed by atoms with Gasteiger partial charge in [0.1, 0.15) is 6.61 Å². The summed E-state index contributed by atoms with van der Waals surface area (Å²) in [4.78, 5) is 0. The fraction of sp³-hybridized carbons (Fsp3) is 0.750. The van der Waals surface area contributed by atoms with Gasteiger partial charge in [-0.05, 0) is 0 Å². The summed E-state index contributed by atoms with van der Waals surface area (Å²) in [6.45, 7) is -2.32. The van der Waals surface area contributed by atoms with E-state index in [2.05, 4.69) is 0 Å². The Hall–Kier alpha value is -0.460. The first-order chi connectivity index (χ1) is 4.75. The van der Waals surface area contributed by atoms with E-state index in [9.17, 15) is 26.3 Å². The lowest BCUT2D eigenvalue weighted by molar-refractivity contribution is -0.241. The van der Waals surface area contributed by atoms with Gasteiger partial charge in [-0.3, -0.25) is 0 Å². The van der Waals surface area contributed by atoms with E-state index < -0.39 is 24.9 Å². The molecule has 1 nitrogen and oxygen atoms in total. The zero-order valence-electron chi connectivity index (χ0n) is 4.92. The Morgan fingerprint density at radius 1 is 1.09 bits per heavy atom. The van der Waals surface area contributed by atoms with Crippen molar-refractivity contribution in [3.63, 3.8) is 0 Å². The van der Waals surface area contributed by atoms with Gasteiger partial charge in [-0.15, -0.1) is 0 Å². The smallest absolute Gasteiger partial charge is 0.384 e. The molecule has 11 heavy (non-hydrogen) atoms. The van der Waals surface area contributed by atoms with Gasteiger partial charge >= 0.3 is 18.3 Å². The van der Waals surface area contributed by atoms with Crippen LogP contribution in [0.15, 0.2) is 0 Å². The molecule has 0 saturated heterocycles. The predicted molar refractivity (Wildman–Crippen MR) is 22.4 cm³/mol. The molecule has 0 fully saturated rings. The standard InChI is InChI=1S/C4H3F6O/c5-2(6)4(9,10)3(7,8)1-11/h11H,1H2. The Labute approximate surface area is 57.6 Å². The van der Waals surface area contributed by atoms with Crippen LogP contribution in [-0.4, -0.2) is 23.6 Å². The summed E-state index contributed by atoms with van der Waals surface area (Å²) in [5, 5.41) is 7.60. The molecule has 0 bridgehead atoms. The number of alkyl halides is 4. The number of aliphatic hydroxyl groups excluding tert-OH is 1. The Morgan fingerprint density at radius 2 is 1.45 bits per heavy atom. The maximum Gasteiger partial charge on any atom is 0.384 e. The van der Waals surface area contributed by atoms with Gasteiger partial charge < -0.3 is 5.11 Å². The highest BCUT2D eigenvalue weighted by molar-refractivity contribution is 4.95. The summed E-state index contributed by atoms with van der Waals surface area (Å²) in [5.41, 5.74) is 0. The third kappa shape index (κ3) is 1.76. The molecular weight excluding hydrogens is 178 g/mol. The van der Waals surface area contributed by atoms with Gasteiger partial charge in [0, 0.05) is 0 Å². The van der Waals surface area contributed by atoms with Crippen LogP contribution in [0.25, 0.3) is 0 Å². The zero-order chi connectivity index (χ0) is 9.28. The molecule has 0 spiro atoms. The van der Waals surface area contributed by atoms with E-state index in [1.807, 2.05) is 0 Å². The second-order valence-corrected chi connectivity index (χ2v) is 1.70. The molecule has 0 saturated carbocycles. The van der Waals surface area contributed by atoms with Crippen molar-refractivity contribution in [2.24, 2.45) is 0 Å². The maximum atomic E-state index is 11.7. The number of aliphatic hydroxyl groups is 1. The van der Waals surface area contributed by atoms with Crippen LogP contribution in [0, 0.1) is 6.43 Å². The van der Waals surface area contributed by atoms with Crippen molar-refractivity contribution in [3.8, 4) is 0 Å². The largest absolute Gasteiger partial charge is 0.390 e. The van der Waals surface area contributed by atoms with Gasteiger partial charge in [-0.25, -0.2) is 0 Å². The van der Waals surface area contributed by atoms with Gasteiger partial charge in [-0.2, -0.15) is 26.3 Å². The zero-order valence-corrected chi connectivity index (χ0v) is 4.92. The number of hydrogen-bond acceptors (Lipinski definition) is 1. The molecule has 0 aliphatic heterocycles. The van der Waals surface area contributed by atoms with Crippen LogP contribution in [0.3, 0.4) is 0 Å². The summed E-state index contributed by atoms with van der Waals surface area (Å²) in [5.74, 6) is -10.7. The molecule has 0 atom stereocenters. The highest BCUT2D eigenvalue weighted by Gasteiger charge is 2.63. The van der Waals surface area contributed by atoms with Crippen LogP contribution in [0.5, 0.6) is 0 Å². The fourth-order valence-corrected chi connectivity index (χ4v) is 0.238. The van der Waals surface area contributed by atoms with Crippen molar-refractivity contribution in [1.82, 2.24) is 0 Å². The minimum absolute atomic E-state index is 2.32. The molecule has 0 heterocycles. The van der Waals surface area contributed by atoms with Crippen LogP contribution in [0.1, 0.15) is 0 Å². The van der Waals surface area contributed by atoms with Crippen LogP contribution in [-0.2, 0) is 0 Å². The molecule has 0 aliphatic carbocycles. The van der Waals surface area contributed by atoms with Crippen LogP contribution < -0.4 is 0 Å². The van der Waals surface area contributed by atoms with E-state index in [1.165, 1.54) is 0 Å². The monoisotopic (exact) mass is 181 g/mol. The normalized spacial score (nSPS) is 14.2. The van der Waals surface area contributed by atoms with E-state index in [1.54, 1.807) is 0 Å². The molecule has 7 heteroatoms. The first-order valence-corrected chi connectivity index (χ1v) is 2.30. The average Bonchev–Trinajstić information content (AvgIpc) is 1.87. The maximum absolute atomic E-state index is 11.7. The summed E-state index contributed by atoms with van der Waals surface area (Å²) in [7, 11) is 0. The van der Waals surface area contributed by atoms with Crippen molar-refractivity contribution in [1.29, 1.82) is 0 Å². The second-order valence-electron chi connectivity index (χ2n) is 1.70. The van der Waals surface area contributed by atoms with E-state index in [-0.39, 0.29) is 0 Å². The summed E-state index contributed by atoms with van der Waals surface area (Å²) >= 11 is 0. The molecule has 67 valence electrons.